The van der Waals surface area contributed by atoms with Gasteiger partial charge in [-0.25, -0.2) is 13.1 Å². The van der Waals surface area contributed by atoms with Gasteiger partial charge in [0.05, 0.1) is 11.6 Å². The van der Waals surface area contributed by atoms with Crippen LogP contribution < -0.4 is 10.0 Å². The first kappa shape index (κ1) is 14.9. The minimum absolute atomic E-state index is 0.0324. The van der Waals surface area contributed by atoms with E-state index in [2.05, 4.69) is 10.0 Å². The van der Waals surface area contributed by atoms with E-state index in [0.29, 0.717) is 6.54 Å². The Morgan fingerprint density at radius 3 is 2.61 bits per heavy atom. The first-order valence-corrected chi connectivity index (χ1v) is 7.34. The van der Waals surface area contributed by atoms with Crippen molar-refractivity contribution in [1.82, 2.24) is 10.0 Å². The number of hydrogen-bond acceptors (Lipinski definition) is 3. The van der Waals surface area contributed by atoms with Crippen LogP contribution in [0.5, 0.6) is 0 Å². The topological polar surface area (TPSA) is 75.3 Å². The molecular weight excluding hydrogens is 276 g/mol. The van der Waals surface area contributed by atoms with Crippen molar-refractivity contribution in [3.8, 4) is 0 Å². The summed E-state index contributed by atoms with van der Waals surface area (Å²) in [7, 11) is -3.75. The Morgan fingerprint density at radius 2 is 2.00 bits per heavy atom. The van der Waals surface area contributed by atoms with Crippen molar-refractivity contribution in [3.63, 3.8) is 0 Å². The highest BCUT2D eigenvalue weighted by atomic mass is 35.5. The third kappa shape index (κ3) is 4.29. The summed E-state index contributed by atoms with van der Waals surface area (Å²) < 4.78 is 25.9. The lowest BCUT2D eigenvalue weighted by molar-refractivity contribution is -0.119. The Balaban J connectivity index is 2.67. The van der Waals surface area contributed by atoms with Gasteiger partial charge in [-0.1, -0.05) is 30.7 Å². The molecule has 0 saturated heterocycles. The summed E-state index contributed by atoms with van der Waals surface area (Å²) in [6, 6.07) is 6.06. The van der Waals surface area contributed by atoms with Crippen LogP contribution in [0.15, 0.2) is 29.2 Å². The van der Waals surface area contributed by atoms with E-state index in [9.17, 15) is 13.2 Å². The predicted octanol–water partition coefficient (Wildman–Crippen LogP) is 1.14. The molecule has 1 rings (SSSR count). The highest BCUT2D eigenvalue weighted by molar-refractivity contribution is 7.89. The summed E-state index contributed by atoms with van der Waals surface area (Å²) in [6.07, 6.45) is 0.795. The average Bonchev–Trinajstić information content (AvgIpc) is 2.34. The Morgan fingerprint density at radius 1 is 1.33 bits per heavy atom. The van der Waals surface area contributed by atoms with E-state index in [1.54, 1.807) is 12.1 Å². The smallest absolute Gasteiger partial charge is 0.242 e. The van der Waals surface area contributed by atoms with Gasteiger partial charge in [-0.2, -0.15) is 0 Å². The number of amides is 1. The number of halogens is 1. The fourth-order valence-electron chi connectivity index (χ4n) is 1.23. The van der Waals surface area contributed by atoms with Gasteiger partial charge in [-0.05, 0) is 18.6 Å². The molecule has 18 heavy (non-hydrogen) atoms. The van der Waals surface area contributed by atoms with Gasteiger partial charge in [0, 0.05) is 6.54 Å². The first-order chi connectivity index (χ1) is 8.47. The third-order valence-corrected chi connectivity index (χ3v) is 4.02. The second-order valence-corrected chi connectivity index (χ2v) is 5.75. The molecule has 0 bridgehead atoms. The second kappa shape index (κ2) is 6.72. The lowest BCUT2D eigenvalue weighted by atomic mass is 10.4. The Bertz CT molecular complexity index is 517. The van der Waals surface area contributed by atoms with Gasteiger partial charge in [0.15, 0.2) is 0 Å². The quantitative estimate of drug-likeness (QED) is 0.825. The molecule has 0 fully saturated rings. The molecule has 100 valence electrons. The summed E-state index contributed by atoms with van der Waals surface area (Å²) in [5, 5.41) is 2.70. The van der Waals surface area contributed by atoms with E-state index < -0.39 is 10.0 Å². The zero-order valence-corrected chi connectivity index (χ0v) is 11.5. The van der Waals surface area contributed by atoms with Crippen molar-refractivity contribution in [3.05, 3.63) is 29.3 Å². The lowest BCUT2D eigenvalue weighted by Gasteiger charge is -2.08. The van der Waals surface area contributed by atoms with Crippen LogP contribution in [0.1, 0.15) is 13.3 Å². The third-order valence-electron chi connectivity index (χ3n) is 2.12. The molecule has 0 unspecified atom stereocenters. The molecule has 7 heteroatoms. The second-order valence-electron chi connectivity index (χ2n) is 3.60. The van der Waals surface area contributed by atoms with E-state index in [4.69, 9.17) is 11.6 Å². The summed E-state index contributed by atoms with van der Waals surface area (Å²) in [5.41, 5.74) is 0. The van der Waals surface area contributed by atoms with E-state index in [0.717, 1.165) is 6.42 Å². The van der Waals surface area contributed by atoms with Crippen LogP contribution in [0.2, 0.25) is 5.02 Å². The molecule has 1 aromatic carbocycles. The maximum absolute atomic E-state index is 11.9. The summed E-state index contributed by atoms with van der Waals surface area (Å²) in [5.74, 6) is -0.368. The maximum Gasteiger partial charge on any atom is 0.242 e. The minimum Gasteiger partial charge on any atom is -0.355 e. The number of carbonyl (C=O) groups is 1. The van der Waals surface area contributed by atoms with Gasteiger partial charge >= 0.3 is 0 Å². The highest BCUT2D eigenvalue weighted by Gasteiger charge is 2.17. The number of benzene rings is 1. The zero-order chi connectivity index (χ0) is 13.6. The first-order valence-electron chi connectivity index (χ1n) is 5.48. The molecule has 0 aliphatic rings. The number of hydrogen-bond donors (Lipinski definition) is 2. The fourth-order valence-corrected chi connectivity index (χ4v) is 2.73. The molecule has 0 radical (unpaired) electrons. The molecule has 0 atom stereocenters. The average molecular weight is 291 g/mol. The molecule has 1 aromatic rings. The largest absolute Gasteiger partial charge is 0.355 e. The predicted molar refractivity (Wildman–Crippen MR) is 69.9 cm³/mol. The van der Waals surface area contributed by atoms with Crippen LogP contribution in [0.4, 0.5) is 0 Å². The molecule has 0 aliphatic carbocycles. The number of sulfonamides is 1. The fraction of sp³-hybridized carbons (Fsp3) is 0.364. The van der Waals surface area contributed by atoms with Crippen molar-refractivity contribution >= 4 is 27.5 Å². The normalized spacial score (nSPS) is 11.2. The molecular formula is C11H15ClN2O3S. The minimum atomic E-state index is -3.75. The van der Waals surface area contributed by atoms with Crippen molar-refractivity contribution < 1.29 is 13.2 Å². The number of carbonyl (C=O) groups excluding carboxylic acids is 1. The summed E-state index contributed by atoms with van der Waals surface area (Å²) >= 11 is 5.79. The standard InChI is InChI=1S/C11H15ClN2O3S/c1-2-7-13-11(15)8-14-18(16,17)10-6-4-3-5-9(10)12/h3-6,14H,2,7-8H2,1H3,(H,13,15). The monoisotopic (exact) mass is 290 g/mol. The Labute approximate surface area is 112 Å². The van der Waals surface area contributed by atoms with Crippen LogP contribution in [0.25, 0.3) is 0 Å². The summed E-state index contributed by atoms with van der Waals surface area (Å²) in [4.78, 5) is 11.3. The molecule has 0 spiro atoms. The van der Waals surface area contributed by atoms with Crippen LogP contribution in [-0.4, -0.2) is 27.4 Å². The summed E-state index contributed by atoms with van der Waals surface area (Å²) in [6.45, 7) is 2.13. The molecule has 1 amide bonds. The Kier molecular flexibility index (Phi) is 5.58. The molecule has 0 heterocycles. The molecule has 2 N–H and O–H groups in total. The van der Waals surface area contributed by atoms with Gasteiger partial charge in [-0.15, -0.1) is 0 Å². The van der Waals surface area contributed by atoms with E-state index in [1.165, 1.54) is 12.1 Å². The Hall–Kier alpha value is -1.11. The SMILES string of the molecule is CCCNC(=O)CNS(=O)(=O)c1ccccc1Cl. The van der Waals surface area contributed by atoms with Gasteiger partial charge in [0.1, 0.15) is 4.90 Å². The van der Waals surface area contributed by atoms with Crippen LogP contribution in [-0.2, 0) is 14.8 Å². The van der Waals surface area contributed by atoms with E-state index in [1.807, 2.05) is 6.92 Å². The van der Waals surface area contributed by atoms with Crippen LogP contribution >= 0.6 is 11.6 Å². The van der Waals surface area contributed by atoms with Gasteiger partial charge in [-0.3, -0.25) is 4.79 Å². The van der Waals surface area contributed by atoms with E-state index >= 15 is 0 Å². The molecule has 0 aromatic heterocycles. The van der Waals surface area contributed by atoms with Crippen molar-refractivity contribution in [2.45, 2.75) is 18.2 Å². The number of nitrogens with one attached hydrogen (secondary N) is 2. The van der Waals surface area contributed by atoms with Crippen molar-refractivity contribution in [1.29, 1.82) is 0 Å². The van der Waals surface area contributed by atoms with Crippen LogP contribution in [0.3, 0.4) is 0 Å². The molecule has 0 aliphatic heterocycles. The van der Waals surface area contributed by atoms with Gasteiger partial charge < -0.3 is 5.32 Å². The lowest BCUT2D eigenvalue weighted by Crippen LogP contribution is -2.37. The van der Waals surface area contributed by atoms with Gasteiger partial charge in [0.25, 0.3) is 0 Å². The zero-order valence-electron chi connectivity index (χ0n) is 9.94. The maximum atomic E-state index is 11.9. The molecule has 0 saturated carbocycles. The van der Waals surface area contributed by atoms with Crippen LogP contribution in [0, 0.1) is 0 Å². The van der Waals surface area contributed by atoms with Crippen molar-refractivity contribution in [2.24, 2.45) is 0 Å². The molecule has 5 nitrogen and oxygen atoms in total. The van der Waals surface area contributed by atoms with Crippen molar-refractivity contribution in [2.75, 3.05) is 13.1 Å². The highest BCUT2D eigenvalue weighted by Crippen LogP contribution is 2.19. The number of rotatable bonds is 6. The van der Waals surface area contributed by atoms with E-state index in [-0.39, 0.29) is 22.4 Å². The van der Waals surface area contributed by atoms with Gasteiger partial charge in [0.2, 0.25) is 15.9 Å².